The molecule has 0 saturated carbocycles. The quantitative estimate of drug-likeness (QED) is 0.672. The second-order valence-electron chi connectivity index (χ2n) is 5.57. The molecule has 126 valence electrons. The number of aliphatic hydroxyl groups excluding tert-OH is 1. The lowest BCUT2D eigenvalue weighted by molar-refractivity contribution is -0.148. The lowest BCUT2D eigenvalue weighted by Crippen LogP contribution is -2.47. The number of benzene rings is 1. The number of aliphatic hydroxyl groups is 1. The Morgan fingerprint density at radius 2 is 2.00 bits per heavy atom. The number of hydrogen-bond acceptors (Lipinski definition) is 4. The SMILES string of the molecule is C[C@H](N[PH](=O)C(O)c1ccccc1)C(=O)N1CCC[C@H]1C(=O)O. The van der Waals surface area contributed by atoms with Gasteiger partial charge in [0.25, 0.3) is 0 Å². The zero-order chi connectivity index (χ0) is 17.0. The number of likely N-dealkylation sites (tertiary alicyclic amines) is 1. The highest BCUT2D eigenvalue weighted by molar-refractivity contribution is 7.42. The molecule has 1 fully saturated rings. The molecule has 1 amide bonds. The van der Waals surface area contributed by atoms with Gasteiger partial charge in [-0.15, -0.1) is 0 Å². The fourth-order valence-electron chi connectivity index (χ4n) is 2.68. The largest absolute Gasteiger partial charge is 0.480 e. The van der Waals surface area contributed by atoms with Gasteiger partial charge in [0.05, 0.1) is 6.04 Å². The molecule has 7 nitrogen and oxygen atoms in total. The summed E-state index contributed by atoms with van der Waals surface area (Å²) in [6, 6.07) is 6.90. The average molecular weight is 340 g/mol. The van der Waals surface area contributed by atoms with Gasteiger partial charge in [-0.3, -0.25) is 9.88 Å². The maximum absolute atomic E-state index is 12.4. The average Bonchev–Trinajstić information content (AvgIpc) is 3.03. The molecular formula is C15H21N2O5P. The number of carboxylic acids is 1. The Hall–Kier alpha value is -1.69. The van der Waals surface area contributed by atoms with E-state index in [0.717, 1.165) is 0 Å². The number of aliphatic carboxylic acids is 1. The van der Waals surface area contributed by atoms with Crippen LogP contribution in [-0.2, 0) is 14.2 Å². The van der Waals surface area contributed by atoms with Crippen molar-refractivity contribution < 1.29 is 24.4 Å². The van der Waals surface area contributed by atoms with Crippen molar-refractivity contribution in [3.63, 3.8) is 0 Å². The van der Waals surface area contributed by atoms with Crippen LogP contribution in [0.4, 0.5) is 0 Å². The number of amides is 1. The molecule has 0 spiro atoms. The molecule has 1 aliphatic heterocycles. The third-order valence-corrected chi connectivity index (χ3v) is 5.46. The van der Waals surface area contributed by atoms with E-state index >= 15 is 0 Å². The van der Waals surface area contributed by atoms with Gasteiger partial charge >= 0.3 is 5.97 Å². The molecule has 2 rings (SSSR count). The van der Waals surface area contributed by atoms with Crippen LogP contribution in [0.25, 0.3) is 0 Å². The van der Waals surface area contributed by atoms with Crippen LogP contribution in [0.15, 0.2) is 30.3 Å². The first kappa shape index (κ1) is 17.7. The van der Waals surface area contributed by atoms with Crippen molar-refractivity contribution in [3.05, 3.63) is 35.9 Å². The number of carboxylic acid groups (broad SMARTS) is 1. The highest BCUT2D eigenvalue weighted by Gasteiger charge is 2.36. The molecule has 0 aromatic heterocycles. The smallest absolute Gasteiger partial charge is 0.326 e. The van der Waals surface area contributed by atoms with E-state index in [0.29, 0.717) is 24.9 Å². The van der Waals surface area contributed by atoms with Gasteiger partial charge in [0, 0.05) is 6.54 Å². The lowest BCUT2D eigenvalue weighted by Gasteiger charge is -2.26. The Morgan fingerprint density at radius 1 is 1.35 bits per heavy atom. The zero-order valence-electron chi connectivity index (χ0n) is 12.8. The Labute approximate surface area is 135 Å². The van der Waals surface area contributed by atoms with Crippen LogP contribution in [0.5, 0.6) is 0 Å². The van der Waals surface area contributed by atoms with E-state index in [2.05, 4.69) is 5.09 Å². The Balaban J connectivity index is 1.98. The first-order valence-electron chi connectivity index (χ1n) is 7.48. The van der Waals surface area contributed by atoms with Crippen molar-refractivity contribution in [2.24, 2.45) is 0 Å². The maximum atomic E-state index is 12.4. The van der Waals surface area contributed by atoms with Gasteiger partial charge in [-0.2, -0.15) is 0 Å². The van der Waals surface area contributed by atoms with E-state index in [4.69, 9.17) is 5.11 Å². The summed E-state index contributed by atoms with van der Waals surface area (Å²) in [6.07, 6.45) is 1.06. The number of carbonyl (C=O) groups excluding carboxylic acids is 1. The summed E-state index contributed by atoms with van der Waals surface area (Å²) in [5.74, 6) is -2.63. The summed E-state index contributed by atoms with van der Waals surface area (Å²) in [5.41, 5.74) is 0.508. The predicted octanol–water partition coefficient (Wildman–Crippen LogP) is 1.21. The van der Waals surface area contributed by atoms with Gasteiger partial charge in [-0.05, 0) is 25.3 Å². The van der Waals surface area contributed by atoms with Gasteiger partial charge in [0.15, 0.2) is 7.95 Å². The van der Waals surface area contributed by atoms with E-state index in [1.165, 1.54) is 11.8 Å². The van der Waals surface area contributed by atoms with Crippen molar-refractivity contribution in [1.82, 2.24) is 9.99 Å². The molecular weight excluding hydrogens is 319 g/mol. The minimum Gasteiger partial charge on any atom is -0.480 e. The molecule has 1 aliphatic rings. The monoisotopic (exact) mass is 340 g/mol. The summed E-state index contributed by atoms with van der Waals surface area (Å²) in [5, 5.41) is 21.8. The van der Waals surface area contributed by atoms with Crippen molar-refractivity contribution in [3.8, 4) is 0 Å². The van der Waals surface area contributed by atoms with E-state index in [-0.39, 0.29) is 0 Å². The van der Waals surface area contributed by atoms with Crippen molar-refractivity contribution in [2.45, 2.75) is 37.7 Å². The first-order valence-corrected chi connectivity index (χ1v) is 8.97. The van der Waals surface area contributed by atoms with Crippen LogP contribution in [-0.4, -0.2) is 45.6 Å². The number of carbonyl (C=O) groups is 2. The molecule has 8 heteroatoms. The van der Waals surface area contributed by atoms with Gasteiger partial charge in [0.2, 0.25) is 5.91 Å². The van der Waals surface area contributed by atoms with Crippen molar-refractivity contribution in [2.75, 3.05) is 6.54 Å². The molecule has 1 aromatic rings. The van der Waals surface area contributed by atoms with Crippen LogP contribution in [0.2, 0.25) is 0 Å². The van der Waals surface area contributed by atoms with Gasteiger partial charge in [-0.1, -0.05) is 30.3 Å². The van der Waals surface area contributed by atoms with E-state index in [1.54, 1.807) is 30.3 Å². The fourth-order valence-corrected chi connectivity index (χ4v) is 3.88. The molecule has 0 bridgehead atoms. The molecule has 1 saturated heterocycles. The summed E-state index contributed by atoms with van der Waals surface area (Å²) in [6.45, 7) is 1.91. The summed E-state index contributed by atoms with van der Waals surface area (Å²) < 4.78 is 12.2. The minimum atomic E-state index is -2.67. The number of rotatable bonds is 6. The Kier molecular flexibility index (Phi) is 5.93. The molecule has 0 radical (unpaired) electrons. The van der Waals surface area contributed by atoms with Gasteiger partial charge < -0.3 is 19.7 Å². The van der Waals surface area contributed by atoms with E-state index in [9.17, 15) is 19.3 Å². The van der Waals surface area contributed by atoms with Crippen LogP contribution < -0.4 is 5.09 Å². The predicted molar refractivity (Wildman–Crippen MR) is 85.4 cm³/mol. The zero-order valence-corrected chi connectivity index (χ0v) is 13.8. The second-order valence-corrected chi connectivity index (χ2v) is 7.14. The summed E-state index contributed by atoms with van der Waals surface area (Å²) in [7, 11) is -2.67. The molecule has 23 heavy (non-hydrogen) atoms. The maximum Gasteiger partial charge on any atom is 0.326 e. The normalized spacial score (nSPS) is 21.7. The molecule has 1 heterocycles. The highest BCUT2D eigenvalue weighted by atomic mass is 31.1. The number of nitrogens with zero attached hydrogens (tertiary/aromatic N) is 1. The van der Waals surface area contributed by atoms with Gasteiger partial charge in [-0.25, -0.2) is 4.79 Å². The lowest BCUT2D eigenvalue weighted by atomic mass is 10.2. The van der Waals surface area contributed by atoms with Crippen LogP contribution in [0, 0.1) is 0 Å². The number of hydrogen-bond donors (Lipinski definition) is 3. The topological polar surface area (TPSA) is 107 Å². The molecule has 3 N–H and O–H groups in total. The summed E-state index contributed by atoms with van der Waals surface area (Å²) in [4.78, 5) is 24.8. The second kappa shape index (κ2) is 7.73. The van der Waals surface area contributed by atoms with Crippen LogP contribution in [0.3, 0.4) is 0 Å². The molecule has 0 aliphatic carbocycles. The third-order valence-electron chi connectivity index (χ3n) is 3.91. The molecule has 4 atom stereocenters. The fraction of sp³-hybridized carbons (Fsp3) is 0.467. The van der Waals surface area contributed by atoms with Crippen LogP contribution >= 0.6 is 7.95 Å². The van der Waals surface area contributed by atoms with Crippen molar-refractivity contribution in [1.29, 1.82) is 0 Å². The van der Waals surface area contributed by atoms with E-state index < -0.39 is 37.8 Å². The van der Waals surface area contributed by atoms with E-state index in [1.807, 2.05) is 0 Å². The van der Waals surface area contributed by atoms with Crippen molar-refractivity contribution >= 4 is 19.8 Å². The Bertz CT molecular complexity index is 595. The summed E-state index contributed by atoms with van der Waals surface area (Å²) >= 11 is 0. The van der Waals surface area contributed by atoms with Gasteiger partial charge in [0.1, 0.15) is 11.9 Å². The standard InChI is InChI=1S/C15H21N2O5P/c1-10(13(18)17-9-5-8-12(17)14(19)20)16-23(22)15(21)11-6-3-2-4-7-11/h2-4,6-7,10,12,15,21,23H,5,8-9H2,1H3,(H,16,22)(H,19,20)/t10-,12-,15?/m0/s1. The molecule has 1 aromatic carbocycles. The minimum absolute atomic E-state index is 0.379. The first-order chi connectivity index (χ1) is 10.9. The molecule has 2 unspecified atom stereocenters. The van der Waals surface area contributed by atoms with Crippen LogP contribution in [0.1, 0.15) is 31.2 Å². The Morgan fingerprint density at radius 3 is 2.61 bits per heavy atom. The highest BCUT2D eigenvalue weighted by Crippen LogP contribution is 2.35. The third kappa shape index (κ3) is 4.19. The number of nitrogens with one attached hydrogen (secondary N) is 1.